The van der Waals surface area contributed by atoms with Gasteiger partial charge in [-0.3, -0.25) is 14.5 Å². The third-order valence-corrected chi connectivity index (χ3v) is 5.37. The Morgan fingerprint density at radius 3 is 2.57 bits per heavy atom. The van der Waals surface area contributed by atoms with Crippen molar-refractivity contribution in [3.05, 3.63) is 51.6 Å². The Hall–Kier alpha value is -3.00. The number of ether oxygens (including phenoxy) is 2. The summed E-state index contributed by atoms with van der Waals surface area (Å²) in [4.78, 5) is 26.5. The fourth-order valence-electron chi connectivity index (χ4n) is 3.86. The first-order chi connectivity index (χ1) is 14.4. The van der Waals surface area contributed by atoms with E-state index in [2.05, 4.69) is 4.90 Å². The lowest BCUT2D eigenvalue weighted by Crippen LogP contribution is -2.29. The Kier molecular flexibility index (Phi) is 6.99. The molecule has 1 aromatic heterocycles. The van der Waals surface area contributed by atoms with E-state index in [1.54, 1.807) is 18.2 Å². The molecule has 1 amide bonds. The number of likely N-dealkylation sites (tertiary alicyclic amines) is 1. The van der Waals surface area contributed by atoms with Gasteiger partial charge in [0.1, 0.15) is 17.3 Å². The number of hydrogen-bond acceptors (Lipinski definition) is 7. The molecule has 3 N–H and O–H groups in total. The number of primary amides is 1. The molecule has 30 heavy (non-hydrogen) atoms. The Morgan fingerprint density at radius 1 is 1.20 bits per heavy atom. The van der Waals surface area contributed by atoms with Crippen molar-refractivity contribution >= 4 is 5.91 Å². The van der Waals surface area contributed by atoms with Gasteiger partial charge in [-0.05, 0) is 32.0 Å². The van der Waals surface area contributed by atoms with Crippen LogP contribution in [-0.2, 0) is 11.3 Å². The van der Waals surface area contributed by atoms with E-state index in [1.165, 1.54) is 26.7 Å². The van der Waals surface area contributed by atoms with Crippen molar-refractivity contribution < 1.29 is 23.8 Å². The maximum absolute atomic E-state index is 12.5. The van der Waals surface area contributed by atoms with E-state index in [1.807, 2.05) is 0 Å². The van der Waals surface area contributed by atoms with Crippen LogP contribution in [0.3, 0.4) is 0 Å². The highest BCUT2D eigenvalue weighted by molar-refractivity contribution is 5.75. The van der Waals surface area contributed by atoms with Gasteiger partial charge in [0.2, 0.25) is 17.1 Å². The molecule has 0 saturated carbocycles. The smallest absolute Gasteiger partial charge is 0.227 e. The number of hydrogen-bond donors (Lipinski definition) is 2. The number of nitrogens with two attached hydrogens (primary N) is 1. The molecule has 2 heterocycles. The van der Waals surface area contributed by atoms with E-state index in [4.69, 9.17) is 19.6 Å². The van der Waals surface area contributed by atoms with Gasteiger partial charge >= 0.3 is 0 Å². The van der Waals surface area contributed by atoms with E-state index in [-0.39, 0.29) is 12.2 Å². The van der Waals surface area contributed by atoms with E-state index in [0.29, 0.717) is 29.4 Å². The molecule has 162 valence electrons. The van der Waals surface area contributed by atoms with Crippen LogP contribution < -0.4 is 20.6 Å². The van der Waals surface area contributed by atoms with Crippen molar-refractivity contribution in [2.45, 2.75) is 38.1 Å². The van der Waals surface area contributed by atoms with Crippen molar-refractivity contribution in [1.29, 1.82) is 0 Å². The van der Waals surface area contributed by atoms with Gasteiger partial charge < -0.3 is 24.7 Å². The van der Waals surface area contributed by atoms with Crippen molar-refractivity contribution in [3.63, 3.8) is 0 Å². The Morgan fingerprint density at radius 2 is 1.93 bits per heavy atom. The lowest BCUT2D eigenvalue weighted by atomic mass is 9.91. The van der Waals surface area contributed by atoms with Crippen LogP contribution in [0.4, 0.5) is 0 Å². The second-order valence-corrected chi connectivity index (χ2v) is 7.46. The summed E-state index contributed by atoms with van der Waals surface area (Å²) in [6.07, 6.45) is 3.23. The summed E-state index contributed by atoms with van der Waals surface area (Å²) < 4.78 is 16.7. The Balaban J connectivity index is 2.05. The molecular formula is C22H28N2O6. The van der Waals surface area contributed by atoms with E-state index in [0.717, 1.165) is 25.9 Å². The molecule has 0 radical (unpaired) electrons. The van der Waals surface area contributed by atoms with Crippen molar-refractivity contribution in [2.24, 2.45) is 5.73 Å². The normalized spacial score (nSPS) is 15.5. The van der Waals surface area contributed by atoms with Crippen LogP contribution in [0.15, 0.2) is 33.5 Å². The molecule has 1 unspecified atom stereocenters. The zero-order valence-electron chi connectivity index (χ0n) is 17.3. The van der Waals surface area contributed by atoms with E-state index >= 15 is 0 Å². The average molecular weight is 416 g/mol. The molecule has 1 fully saturated rings. The summed E-state index contributed by atoms with van der Waals surface area (Å²) in [5, 5.41) is 10.5. The molecule has 1 aliphatic rings. The minimum atomic E-state index is -0.780. The van der Waals surface area contributed by atoms with Crippen LogP contribution in [0.25, 0.3) is 0 Å². The molecule has 8 heteroatoms. The van der Waals surface area contributed by atoms with Crippen molar-refractivity contribution in [2.75, 3.05) is 27.3 Å². The van der Waals surface area contributed by atoms with E-state index in [9.17, 15) is 14.7 Å². The molecule has 1 atom stereocenters. The summed E-state index contributed by atoms with van der Waals surface area (Å²) in [6.45, 7) is 2.32. The van der Waals surface area contributed by atoms with E-state index < -0.39 is 23.0 Å². The molecule has 2 aromatic rings. The molecule has 0 aliphatic carbocycles. The summed E-state index contributed by atoms with van der Waals surface area (Å²) in [5.41, 5.74) is 5.49. The highest BCUT2D eigenvalue weighted by Crippen LogP contribution is 2.39. The van der Waals surface area contributed by atoms with Gasteiger partial charge in [-0.15, -0.1) is 0 Å². The largest absolute Gasteiger partial charge is 0.502 e. The topological polar surface area (TPSA) is 115 Å². The third kappa shape index (κ3) is 4.94. The van der Waals surface area contributed by atoms with Crippen LogP contribution in [0, 0.1) is 0 Å². The second kappa shape index (κ2) is 9.67. The van der Waals surface area contributed by atoms with Gasteiger partial charge in [0, 0.05) is 24.1 Å². The Bertz CT molecular complexity index is 949. The molecule has 8 nitrogen and oxygen atoms in total. The van der Waals surface area contributed by atoms with Crippen molar-refractivity contribution in [3.8, 4) is 17.2 Å². The van der Waals surface area contributed by atoms with Gasteiger partial charge in [0.15, 0.2) is 5.76 Å². The monoisotopic (exact) mass is 416 g/mol. The quantitative estimate of drug-likeness (QED) is 0.679. The maximum atomic E-state index is 12.5. The van der Waals surface area contributed by atoms with Gasteiger partial charge in [0.25, 0.3) is 0 Å². The predicted molar refractivity (Wildman–Crippen MR) is 111 cm³/mol. The van der Waals surface area contributed by atoms with Crippen LogP contribution in [0.5, 0.6) is 17.2 Å². The van der Waals surface area contributed by atoms with Crippen LogP contribution in [0.1, 0.15) is 48.7 Å². The van der Waals surface area contributed by atoms with Crippen LogP contribution >= 0.6 is 0 Å². The van der Waals surface area contributed by atoms with Gasteiger partial charge in [0.05, 0.1) is 26.7 Å². The number of nitrogens with zero attached hydrogens (tertiary/aromatic N) is 1. The molecular weight excluding hydrogens is 388 g/mol. The van der Waals surface area contributed by atoms with Crippen molar-refractivity contribution in [1.82, 2.24) is 4.90 Å². The van der Waals surface area contributed by atoms with Gasteiger partial charge in [-0.1, -0.05) is 12.5 Å². The SMILES string of the molecule is COc1ccc(C(CC(N)=O)c2oc(CN3CCCCC3)cc(=O)c2O)c(OC)c1. The minimum Gasteiger partial charge on any atom is -0.502 e. The fraction of sp³-hybridized carbons (Fsp3) is 0.455. The summed E-state index contributed by atoms with van der Waals surface area (Å²) in [5.74, 6) is -0.448. The number of piperidine rings is 1. The lowest BCUT2D eigenvalue weighted by molar-refractivity contribution is -0.118. The zero-order chi connectivity index (χ0) is 21.7. The Labute approximate surface area is 175 Å². The number of benzene rings is 1. The highest BCUT2D eigenvalue weighted by Gasteiger charge is 2.28. The first-order valence-electron chi connectivity index (χ1n) is 10.0. The van der Waals surface area contributed by atoms with Gasteiger partial charge in [-0.25, -0.2) is 0 Å². The molecule has 1 saturated heterocycles. The first-order valence-corrected chi connectivity index (χ1v) is 10.0. The predicted octanol–water partition coefficient (Wildman–Crippen LogP) is 2.36. The minimum absolute atomic E-state index is 0.0109. The van der Waals surface area contributed by atoms with Crippen LogP contribution in [-0.4, -0.2) is 43.2 Å². The molecule has 0 bridgehead atoms. The zero-order valence-corrected chi connectivity index (χ0v) is 17.3. The standard InChI is InChI=1S/C22H28N2O6/c1-28-14-6-7-16(19(11-14)29-2)17(12-20(23)26)22-21(27)18(25)10-15(30-22)13-24-8-4-3-5-9-24/h6-7,10-11,17,27H,3-5,8-9,12-13H2,1-2H3,(H2,23,26). The first kappa shape index (κ1) is 21.7. The molecule has 1 aliphatic heterocycles. The number of carbonyl (C=O) groups is 1. The molecule has 3 rings (SSSR count). The number of carbonyl (C=O) groups excluding carboxylic acids is 1. The number of aromatic hydroxyl groups is 1. The summed E-state index contributed by atoms with van der Waals surface area (Å²) in [6, 6.07) is 6.39. The third-order valence-electron chi connectivity index (χ3n) is 5.37. The number of rotatable bonds is 8. The summed E-state index contributed by atoms with van der Waals surface area (Å²) >= 11 is 0. The lowest BCUT2D eigenvalue weighted by Gasteiger charge is -2.26. The maximum Gasteiger partial charge on any atom is 0.227 e. The second-order valence-electron chi connectivity index (χ2n) is 7.46. The summed E-state index contributed by atoms with van der Waals surface area (Å²) in [7, 11) is 3.02. The average Bonchev–Trinajstić information content (AvgIpc) is 2.74. The number of amides is 1. The fourth-order valence-corrected chi connectivity index (χ4v) is 3.86. The highest BCUT2D eigenvalue weighted by atomic mass is 16.5. The number of methoxy groups -OCH3 is 2. The van der Waals surface area contributed by atoms with Crippen LogP contribution in [0.2, 0.25) is 0 Å². The molecule has 1 aromatic carbocycles. The molecule has 0 spiro atoms. The van der Waals surface area contributed by atoms with Gasteiger partial charge in [-0.2, -0.15) is 0 Å².